The number of fused-ring (bicyclic) bond motifs is 6. The van der Waals surface area contributed by atoms with E-state index in [0.717, 1.165) is 33.2 Å². The minimum atomic E-state index is -1.37. The second-order valence-corrected chi connectivity index (χ2v) is 11.4. The van der Waals surface area contributed by atoms with Crippen molar-refractivity contribution in [2.45, 2.75) is 31.8 Å². The molecule has 5 heterocycles. The van der Waals surface area contributed by atoms with Gasteiger partial charge in [-0.1, -0.05) is 35.9 Å². The van der Waals surface area contributed by atoms with Crippen LogP contribution in [-0.2, 0) is 26.3 Å². The molecule has 0 aliphatic carbocycles. The van der Waals surface area contributed by atoms with E-state index in [4.69, 9.17) is 9.47 Å². The number of amides is 3. The molecule has 9 nitrogen and oxygen atoms in total. The summed E-state index contributed by atoms with van der Waals surface area (Å²) < 4.78 is 11.4. The third-order valence-electron chi connectivity index (χ3n) is 9.06. The summed E-state index contributed by atoms with van der Waals surface area (Å²) in [6.45, 7) is 4.75. The molecule has 2 saturated heterocycles. The molecular weight excluding hydrogens is 520 g/mol. The molecule has 9 heteroatoms. The molecule has 0 saturated carbocycles. The van der Waals surface area contributed by atoms with Gasteiger partial charge < -0.3 is 19.8 Å². The van der Waals surface area contributed by atoms with E-state index in [2.05, 4.69) is 15.6 Å². The molecule has 41 heavy (non-hydrogen) atoms. The average Bonchev–Trinajstić information content (AvgIpc) is 3.68. The summed E-state index contributed by atoms with van der Waals surface area (Å²) in [4.78, 5) is 47.3. The highest BCUT2D eigenvalue weighted by molar-refractivity contribution is 6.26. The number of ether oxygens (including phenoxy) is 2. The molecule has 0 radical (unpaired) electrons. The molecule has 8 rings (SSSR count). The van der Waals surface area contributed by atoms with Gasteiger partial charge in [-0.25, -0.2) is 4.90 Å². The second kappa shape index (κ2) is 8.44. The van der Waals surface area contributed by atoms with E-state index in [0.29, 0.717) is 42.5 Å². The molecule has 4 aromatic rings. The first kappa shape index (κ1) is 24.2. The van der Waals surface area contributed by atoms with Crippen molar-refractivity contribution in [1.82, 2.24) is 10.3 Å². The lowest BCUT2D eigenvalue weighted by Gasteiger charge is -2.30. The largest absolute Gasteiger partial charge is 0.486 e. The van der Waals surface area contributed by atoms with Crippen LogP contribution in [-0.4, -0.2) is 42.0 Å². The highest BCUT2D eigenvalue weighted by Gasteiger charge is 2.70. The summed E-state index contributed by atoms with van der Waals surface area (Å²) in [7, 11) is 0. The van der Waals surface area contributed by atoms with E-state index in [-0.39, 0.29) is 11.8 Å². The molecule has 0 unspecified atom stereocenters. The summed E-state index contributed by atoms with van der Waals surface area (Å²) in [5.74, 6) is -1.62. The quantitative estimate of drug-likeness (QED) is 0.337. The Morgan fingerprint density at radius 1 is 0.951 bits per heavy atom. The van der Waals surface area contributed by atoms with Crippen LogP contribution in [0, 0.1) is 25.7 Å². The van der Waals surface area contributed by atoms with Crippen LogP contribution in [0.15, 0.2) is 60.8 Å². The maximum Gasteiger partial charge on any atom is 0.250 e. The SMILES string of the molecule is Cc1cc(C)c2c(c1)[C@@]1(N[C@@H](Cc3c[nH]c4ccccc34)[C@H]3C(=O)N(c4ccc5c(c4)OCCO5)C(=O)[C@H]31)C(=O)N2. The van der Waals surface area contributed by atoms with Crippen LogP contribution >= 0.6 is 0 Å². The molecular formula is C32H28N4O5. The number of anilines is 2. The van der Waals surface area contributed by atoms with Gasteiger partial charge in [0.15, 0.2) is 11.5 Å². The third-order valence-corrected chi connectivity index (χ3v) is 9.06. The summed E-state index contributed by atoms with van der Waals surface area (Å²) in [5.41, 5.74) is 4.39. The minimum absolute atomic E-state index is 0.303. The Kier molecular flexibility index (Phi) is 4.98. The van der Waals surface area contributed by atoms with Crippen molar-refractivity contribution in [2.75, 3.05) is 23.4 Å². The number of rotatable bonds is 3. The van der Waals surface area contributed by atoms with Crippen LogP contribution in [0.4, 0.5) is 11.4 Å². The Balaban J connectivity index is 1.28. The van der Waals surface area contributed by atoms with E-state index in [1.54, 1.807) is 18.2 Å². The number of hydrogen-bond acceptors (Lipinski definition) is 6. The lowest BCUT2D eigenvalue weighted by molar-refractivity contribution is -0.130. The summed E-state index contributed by atoms with van der Waals surface area (Å²) in [6, 6.07) is 16.6. The normalized spacial score (nSPS) is 26.1. The number of aromatic nitrogens is 1. The van der Waals surface area contributed by atoms with Crippen LogP contribution in [0.2, 0.25) is 0 Å². The topological polar surface area (TPSA) is 113 Å². The molecule has 1 spiro atoms. The number of aromatic amines is 1. The summed E-state index contributed by atoms with van der Waals surface area (Å²) in [6.07, 6.45) is 2.41. The molecule has 3 aromatic carbocycles. The second-order valence-electron chi connectivity index (χ2n) is 11.4. The van der Waals surface area contributed by atoms with Crippen molar-refractivity contribution in [2.24, 2.45) is 11.8 Å². The van der Waals surface area contributed by atoms with Crippen LogP contribution in [0.1, 0.15) is 22.3 Å². The number of aryl methyl sites for hydroxylation is 2. The third kappa shape index (κ3) is 3.23. The molecule has 0 bridgehead atoms. The van der Waals surface area contributed by atoms with Gasteiger partial charge in [-0.05, 0) is 49.6 Å². The predicted octanol–water partition coefficient (Wildman–Crippen LogP) is 3.72. The van der Waals surface area contributed by atoms with Gasteiger partial charge in [0.05, 0.1) is 17.5 Å². The van der Waals surface area contributed by atoms with Crippen molar-refractivity contribution >= 4 is 40.0 Å². The lowest BCUT2D eigenvalue weighted by Crippen LogP contribution is -2.53. The Morgan fingerprint density at radius 2 is 1.76 bits per heavy atom. The Labute approximate surface area is 235 Å². The molecule has 3 N–H and O–H groups in total. The minimum Gasteiger partial charge on any atom is -0.486 e. The molecule has 4 aliphatic rings. The number of hydrogen-bond donors (Lipinski definition) is 3. The van der Waals surface area contributed by atoms with Gasteiger partial charge in [0.1, 0.15) is 18.8 Å². The van der Waals surface area contributed by atoms with E-state index < -0.39 is 29.3 Å². The van der Waals surface area contributed by atoms with Gasteiger partial charge in [0.2, 0.25) is 17.7 Å². The Hall–Kier alpha value is -4.63. The van der Waals surface area contributed by atoms with Crippen LogP contribution in [0.3, 0.4) is 0 Å². The molecule has 1 aromatic heterocycles. The monoisotopic (exact) mass is 548 g/mol. The standard InChI is InChI=1S/C32H28N4O5/c1-16-11-17(2)28-21(12-16)32(31(39)34-28)27-26(23(35-32)13-18-15-33-22-6-4-3-5-20(18)22)29(37)36(30(27)38)19-7-8-24-25(14-19)41-10-9-40-24/h3-8,11-12,14-15,23,26-27,33,35H,9-10,13H2,1-2H3,(H,34,39)/t23-,26+,27-,32-/m0/s1. The molecule has 4 atom stereocenters. The predicted molar refractivity (Wildman–Crippen MR) is 152 cm³/mol. The number of nitrogens with one attached hydrogen (secondary N) is 3. The maximum atomic E-state index is 14.4. The van der Waals surface area contributed by atoms with Gasteiger partial charge in [-0.3, -0.25) is 19.7 Å². The van der Waals surface area contributed by atoms with Crippen molar-refractivity contribution < 1.29 is 23.9 Å². The number of H-pyrrole nitrogens is 1. The molecule has 3 amide bonds. The van der Waals surface area contributed by atoms with Gasteiger partial charge in [-0.2, -0.15) is 0 Å². The van der Waals surface area contributed by atoms with Crippen molar-refractivity contribution in [3.63, 3.8) is 0 Å². The Bertz CT molecular complexity index is 1810. The van der Waals surface area contributed by atoms with Crippen LogP contribution < -0.4 is 25.0 Å². The number of para-hydroxylation sites is 1. The van der Waals surface area contributed by atoms with Gasteiger partial charge in [-0.15, -0.1) is 0 Å². The van der Waals surface area contributed by atoms with Gasteiger partial charge in [0.25, 0.3) is 0 Å². The zero-order chi connectivity index (χ0) is 28.0. The van der Waals surface area contributed by atoms with Gasteiger partial charge >= 0.3 is 0 Å². The van der Waals surface area contributed by atoms with E-state index >= 15 is 0 Å². The zero-order valence-electron chi connectivity index (χ0n) is 22.6. The fraction of sp³-hybridized carbons (Fsp3) is 0.281. The first-order valence-corrected chi connectivity index (χ1v) is 13.9. The van der Waals surface area contributed by atoms with Gasteiger partial charge in [0, 0.05) is 40.5 Å². The number of nitrogens with zero attached hydrogens (tertiary/aromatic N) is 1. The average molecular weight is 549 g/mol. The fourth-order valence-electron chi connectivity index (χ4n) is 7.40. The fourth-order valence-corrected chi connectivity index (χ4v) is 7.40. The molecule has 4 aliphatic heterocycles. The van der Waals surface area contributed by atoms with Crippen molar-refractivity contribution in [3.8, 4) is 11.5 Å². The highest BCUT2D eigenvalue weighted by atomic mass is 16.6. The lowest BCUT2D eigenvalue weighted by atomic mass is 9.75. The number of benzene rings is 3. The van der Waals surface area contributed by atoms with E-state index in [1.165, 1.54) is 4.90 Å². The number of carbonyl (C=O) groups excluding carboxylic acids is 3. The molecule has 206 valence electrons. The smallest absolute Gasteiger partial charge is 0.250 e. The number of imide groups is 1. The number of carbonyl (C=O) groups is 3. The zero-order valence-corrected chi connectivity index (χ0v) is 22.6. The van der Waals surface area contributed by atoms with Crippen molar-refractivity contribution in [1.29, 1.82) is 0 Å². The first-order chi connectivity index (χ1) is 19.9. The summed E-state index contributed by atoms with van der Waals surface area (Å²) >= 11 is 0. The van der Waals surface area contributed by atoms with Crippen LogP contribution in [0.5, 0.6) is 11.5 Å². The first-order valence-electron chi connectivity index (χ1n) is 13.9. The molecule has 2 fully saturated rings. The van der Waals surface area contributed by atoms with Crippen LogP contribution in [0.25, 0.3) is 10.9 Å². The Morgan fingerprint density at radius 3 is 2.61 bits per heavy atom. The van der Waals surface area contributed by atoms with E-state index in [9.17, 15) is 14.4 Å². The highest BCUT2D eigenvalue weighted by Crippen LogP contribution is 2.55. The van der Waals surface area contributed by atoms with Crippen molar-refractivity contribution in [3.05, 3.63) is 83.0 Å². The summed E-state index contributed by atoms with van der Waals surface area (Å²) in [5, 5.41) is 7.68. The maximum absolute atomic E-state index is 14.4. The van der Waals surface area contributed by atoms with E-state index in [1.807, 2.05) is 56.4 Å².